The molecule has 0 unspecified atom stereocenters. The zero-order valence-electron chi connectivity index (χ0n) is 28.3. The number of aliphatic hydroxyl groups is 1. The van der Waals surface area contributed by atoms with Crippen LogP contribution < -0.4 is 15.4 Å². The predicted octanol–water partition coefficient (Wildman–Crippen LogP) is 5.83. The smallest absolute Gasteiger partial charge is 0.321 e. The summed E-state index contributed by atoms with van der Waals surface area (Å²) in [5.41, 5.74) is 3.87. The number of aryl methyl sites for hydroxylation is 1. The molecule has 3 atom stereocenters. The van der Waals surface area contributed by atoms with Gasteiger partial charge in [0.05, 0.1) is 37.7 Å². The number of anilines is 2. The molecule has 4 amide bonds. The van der Waals surface area contributed by atoms with Gasteiger partial charge in [-0.2, -0.15) is 0 Å². The van der Waals surface area contributed by atoms with Gasteiger partial charge < -0.3 is 34.8 Å². The molecule has 0 aliphatic carbocycles. The third-order valence-electron chi connectivity index (χ3n) is 9.36. The normalized spacial score (nSPS) is 17.0. The van der Waals surface area contributed by atoms with E-state index in [0.717, 1.165) is 27.2 Å². The van der Waals surface area contributed by atoms with E-state index in [1.54, 1.807) is 35.0 Å². The number of aromatic nitrogens is 1. The van der Waals surface area contributed by atoms with E-state index in [9.17, 15) is 19.5 Å². The first-order chi connectivity index (χ1) is 23.6. The average Bonchev–Trinajstić information content (AvgIpc) is 3.43. The van der Waals surface area contributed by atoms with E-state index in [1.165, 1.54) is 0 Å². The molecule has 10 heteroatoms. The largest absolute Gasteiger partial charge is 0.488 e. The van der Waals surface area contributed by atoms with Gasteiger partial charge in [0, 0.05) is 60.3 Å². The molecule has 0 spiro atoms. The fourth-order valence-corrected chi connectivity index (χ4v) is 6.57. The van der Waals surface area contributed by atoms with Gasteiger partial charge in [0.25, 0.3) is 0 Å². The lowest BCUT2D eigenvalue weighted by atomic mass is 10.0. The van der Waals surface area contributed by atoms with Crippen molar-refractivity contribution >= 4 is 50.9 Å². The topological polar surface area (TPSA) is 116 Å². The van der Waals surface area contributed by atoms with Crippen LogP contribution in [0.15, 0.2) is 91.1 Å². The molecule has 10 nitrogen and oxygen atoms in total. The Morgan fingerprint density at radius 3 is 2.53 bits per heavy atom. The molecule has 6 rings (SSSR count). The van der Waals surface area contributed by atoms with Crippen LogP contribution in [0.1, 0.15) is 25.0 Å². The third-order valence-corrected chi connectivity index (χ3v) is 9.36. The summed E-state index contributed by atoms with van der Waals surface area (Å²) in [4.78, 5) is 43.6. The second kappa shape index (κ2) is 14.4. The lowest BCUT2D eigenvalue weighted by molar-refractivity contribution is -0.134. The van der Waals surface area contributed by atoms with Crippen molar-refractivity contribution in [3.05, 3.63) is 102 Å². The molecule has 0 saturated carbocycles. The number of ether oxygens (including phenoxy) is 1. The lowest BCUT2D eigenvalue weighted by Gasteiger charge is -2.34. The molecule has 2 heterocycles. The van der Waals surface area contributed by atoms with E-state index in [-0.39, 0.29) is 49.8 Å². The summed E-state index contributed by atoms with van der Waals surface area (Å²) < 4.78 is 8.62. The second-order valence-corrected chi connectivity index (χ2v) is 13.1. The minimum absolute atomic E-state index is 0.0313. The van der Waals surface area contributed by atoms with Gasteiger partial charge in [-0.3, -0.25) is 9.59 Å². The molecule has 0 radical (unpaired) electrons. The number of hydrogen-bond donors (Lipinski definition) is 3. The summed E-state index contributed by atoms with van der Waals surface area (Å²) in [6.45, 7) is 4.20. The molecular weight excluding hydrogens is 618 g/mol. The number of hydrogen-bond acceptors (Lipinski definition) is 5. The maximum Gasteiger partial charge on any atom is 0.321 e. The lowest BCUT2D eigenvalue weighted by Crippen LogP contribution is -2.48. The number of para-hydroxylation sites is 1. The highest BCUT2D eigenvalue weighted by Crippen LogP contribution is 2.30. The van der Waals surface area contributed by atoms with Gasteiger partial charge in [-0.25, -0.2) is 4.79 Å². The first kappa shape index (κ1) is 33.5. The van der Waals surface area contributed by atoms with Crippen molar-refractivity contribution < 1.29 is 24.2 Å². The highest BCUT2D eigenvalue weighted by Gasteiger charge is 2.32. The van der Waals surface area contributed by atoms with E-state index in [0.29, 0.717) is 29.2 Å². The van der Waals surface area contributed by atoms with Crippen molar-refractivity contribution in [3.63, 3.8) is 0 Å². The van der Waals surface area contributed by atoms with Gasteiger partial charge >= 0.3 is 6.03 Å². The predicted molar refractivity (Wildman–Crippen MR) is 193 cm³/mol. The summed E-state index contributed by atoms with van der Waals surface area (Å²) in [5.74, 6) is 0.00283. The summed E-state index contributed by atoms with van der Waals surface area (Å²) in [6.07, 6.45) is 1.72. The molecule has 3 N–H and O–H groups in total. The van der Waals surface area contributed by atoms with Gasteiger partial charge in [-0.1, -0.05) is 61.5 Å². The number of likely N-dealkylation sites (N-methyl/N-ethyl adjacent to an activating group) is 1. The zero-order chi connectivity index (χ0) is 34.7. The standard InChI is InChI=1S/C39H43N5O5/c1-25-21-44(26(2)24-45)38(47)20-28-18-30(40-37(46)19-29-22-42(3)34-15-8-7-13-32(29)34)16-17-35(28)49-36(25)23-43(4)39(48)41-33-14-9-11-27-10-5-6-12-31(27)33/h5-18,22,25-26,36,45H,19-21,23-24H2,1-4H3,(H,40,46)(H,41,48)/t25-,26+,36-/m0/s1. The fourth-order valence-electron chi connectivity index (χ4n) is 6.57. The Labute approximate surface area is 286 Å². The molecule has 1 aromatic heterocycles. The number of nitrogens with zero attached hydrogens (tertiary/aromatic N) is 3. The van der Waals surface area contributed by atoms with Crippen LogP contribution in [-0.4, -0.2) is 76.2 Å². The first-order valence-electron chi connectivity index (χ1n) is 16.6. The van der Waals surface area contributed by atoms with Crippen LogP contribution in [0.25, 0.3) is 21.7 Å². The average molecular weight is 662 g/mol. The van der Waals surface area contributed by atoms with E-state index in [4.69, 9.17) is 4.74 Å². The Morgan fingerprint density at radius 2 is 1.73 bits per heavy atom. The number of benzene rings is 4. The molecule has 1 aliphatic rings. The molecule has 5 aromatic rings. The first-order valence-corrected chi connectivity index (χ1v) is 16.6. The number of nitrogens with one attached hydrogen (secondary N) is 2. The highest BCUT2D eigenvalue weighted by atomic mass is 16.5. The second-order valence-electron chi connectivity index (χ2n) is 13.1. The molecule has 49 heavy (non-hydrogen) atoms. The van der Waals surface area contributed by atoms with Crippen molar-refractivity contribution in [1.29, 1.82) is 0 Å². The van der Waals surface area contributed by atoms with Crippen LogP contribution in [0.3, 0.4) is 0 Å². The van der Waals surface area contributed by atoms with Crippen LogP contribution in [0.5, 0.6) is 5.75 Å². The van der Waals surface area contributed by atoms with Crippen molar-refractivity contribution in [2.45, 2.75) is 38.8 Å². The van der Waals surface area contributed by atoms with Crippen LogP contribution >= 0.6 is 0 Å². The summed E-state index contributed by atoms with van der Waals surface area (Å²) in [5, 5.41) is 19.1. The molecule has 0 saturated heterocycles. The fraction of sp³-hybridized carbons (Fsp3) is 0.308. The number of aliphatic hydroxyl groups excluding tert-OH is 1. The summed E-state index contributed by atoms with van der Waals surface area (Å²) in [6, 6.07) is 26.3. The Balaban J connectivity index is 1.22. The number of fused-ring (bicyclic) bond motifs is 3. The monoisotopic (exact) mass is 661 g/mol. The summed E-state index contributed by atoms with van der Waals surface area (Å²) in [7, 11) is 3.68. The Morgan fingerprint density at radius 1 is 1.00 bits per heavy atom. The zero-order valence-corrected chi connectivity index (χ0v) is 28.3. The molecule has 4 aromatic carbocycles. The van der Waals surface area contributed by atoms with Gasteiger partial charge in [-0.15, -0.1) is 0 Å². The van der Waals surface area contributed by atoms with Gasteiger partial charge in [-0.05, 0) is 48.2 Å². The molecule has 1 aliphatic heterocycles. The van der Waals surface area contributed by atoms with Crippen LogP contribution in [-0.2, 0) is 29.5 Å². The van der Waals surface area contributed by atoms with Crippen LogP contribution in [0.4, 0.5) is 16.2 Å². The number of amides is 4. The van der Waals surface area contributed by atoms with Gasteiger partial charge in [0.1, 0.15) is 11.9 Å². The van der Waals surface area contributed by atoms with Crippen molar-refractivity contribution in [2.24, 2.45) is 13.0 Å². The highest BCUT2D eigenvalue weighted by molar-refractivity contribution is 6.01. The molecule has 0 bridgehead atoms. The number of rotatable bonds is 8. The Kier molecular flexibility index (Phi) is 9.87. The maximum absolute atomic E-state index is 13.7. The molecule has 0 fully saturated rings. The van der Waals surface area contributed by atoms with E-state index in [1.807, 2.05) is 98.4 Å². The van der Waals surface area contributed by atoms with E-state index in [2.05, 4.69) is 10.6 Å². The van der Waals surface area contributed by atoms with E-state index >= 15 is 0 Å². The number of carbonyl (C=O) groups excluding carboxylic acids is 3. The van der Waals surface area contributed by atoms with Crippen molar-refractivity contribution in [1.82, 2.24) is 14.4 Å². The summed E-state index contributed by atoms with van der Waals surface area (Å²) >= 11 is 0. The maximum atomic E-state index is 13.7. The minimum atomic E-state index is -0.479. The number of carbonyl (C=O) groups is 3. The quantitative estimate of drug-likeness (QED) is 0.194. The Bertz CT molecular complexity index is 2000. The third kappa shape index (κ3) is 7.39. The van der Waals surface area contributed by atoms with Gasteiger partial charge in [0.2, 0.25) is 11.8 Å². The molecule has 254 valence electrons. The SMILES string of the molecule is C[C@H](CO)N1C[C@H](C)[C@H](CN(C)C(=O)Nc2cccc3ccccc23)Oc2ccc(NC(=O)Cc3cn(C)c4ccccc34)cc2CC1=O. The van der Waals surface area contributed by atoms with Gasteiger partial charge in [0.15, 0.2) is 0 Å². The minimum Gasteiger partial charge on any atom is -0.488 e. The molecular formula is C39H43N5O5. The van der Waals surface area contributed by atoms with Crippen molar-refractivity contribution in [2.75, 3.05) is 37.4 Å². The van der Waals surface area contributed by atoms with Crippen molar-refractivity contribution in [3.8, 4) is 5.75 Å². The number of urea groups is 1. The Hall–Kier alpha value is -5.35. The van der Waals surface area contributed by atoms with E-state index < -0.39 is 12.1 Å². The van der Waals surface area contributed by atoms with Crippen LogP contribution in [0.2, 0.25) is 0 Å². The van der Waals surface area contributed by atoms with Crippen LogP contribution in [0, 0.1) is 5.92 Å².